The minimum atomic E-state index is -0.410. The van der Waals surface area contributed by atoms with Gasteiger partial charge in [0.1, 0.15) is 0 Å². The molecule has 110 valence electrons. The van der Waals surface area contributed by atoms with Crippen molar-refractivity contribution in [1.82, 2.24) is 4.98 Å². The first-order chi connectivity index (χ1) is 10.2. The molecule has 0 unspecified atom stereocenters. The van der Waals surface area contributed by atoms with Crippen LogP contribution in [0.5, 0.6) is 5.75 Å². The first kappa shape index (κ1) is 14.8. The number of nitro groups is 1. The van der Waals surface area contributed by atoms with Gasteiger partial charge in [0, 0.05) is 24.9 Å². The quantitative estimate of drug-likeness (QED) is 0.624. The van der Waals surface area contributed by atoms with Gasteiger partial charge in [-0.2, -0.15) is 0 Å². The van der Waals surface area contributed by atoms with E-state index < -0.39 is 4.92 Å². The largest absolute Gasteiger partial charge is 0.490 e. The Morgan fingerprint density at radius 2 is 2.05 bits per heavy atom. The summed E-state index contributed by atoms with van der Waals surface area (Å²) in [6, 6.07) is 10.1. The van der Waals surface area contributed by atoms with Crippen LogP contribution in [-0.4, -0.2) is 16.5 Å². The predicted molar refractivity (Wildman–Crippen MR) is 80.4 cm³/mol. The van der Waals surface area contributed by atoms with E-state index in [9.17, 15) is 10.1 Å². The van der Waals surface area contributed by atoms with Gasteiger partial charge in [-0.15, -0.1) is 0 Å². The van der Waals surface area contributed by atoms with E-state index in [2.05, 4.69) is 10.3 Å². The summed E-state index contributed by atoms with van der Waals surface area (Å²) in [4.78, 5) is 14.4. The third kappa shape index (κ3) is 4.17. The molecule has 21 heavy (non-hydrogen) atoms. The van der Waals surface area contributed by atoms with E-state index in [1.165, 1.54) is 12.1 Å². The van der Waals surface area contributed by atoms with Crippen molar-refractivity contribution >= 4 is 11.5 Å². The van der Waals surface area contributed by atoms with E-state index >= 15 is 0 Å². The van der Waals surface area contributed by atoms with Crippen molar-refractivity contribution in [2.75, 3.05) is 11.9 Å². The summed E-state index contributed by atoms with van der Waals surface area (Å²) >= 11 is 0. The molecule has 0 fully saturated rings. The normalized spacial score (nSPS) is 10.1. The number of anilines is 1. The van der Waals surface area contributed by atoms with Gasteiger partial charge in [0.2, 0.25) is 0 Å². The first-order valence-electron chi connectivity index (χ1n) is 6.75. The van der Waals surface area contributed by atoms with Gasteiger partial charge in [-0.25, -0.2) is 4.98 Å². The maximum atomic E-state index is 10.6. The number of nitro benzene ring substituents is 1. The molecule has 0 aliphatic rings. The van der Waals surface area contributed by atoms with Gasteiger partial charge in [-0.05, 0) is 24.1 Å². The Labute approximate surface area is 122 Å². The van der Waals surface area contributed by atoms with E-state index in [4.69, 9.17) is 4.74 Å². The van der Waals surface area contributed by atoms with Gasteiger partial charge < -0.3 is 10.1 Å². The van der Waals surface area contributed by atoms with Crippen molar-refractivity contribution in [3.05, 3.63) is 58.3 Å². The molecule has 2 rings (SSSR count). The fourth-order valence-corrected chi connectivity index (χ4v) is 1.77. The van der Waals surface area contributed by atoms with Crippen molar-refractivity contribution in [2.45, 2.75) is 19.9 Å². The zero-order chi connectivity index (χ0) is 15.1. The first-order valence-corrected chi connectivity index (χ1v) is 6.75. The number of hydrogen-bond acceptors (Lipinski definition) is 5. The maximum absolute atomic E-state index is 10.6. The molecule has 0 radical (unpaired) electrons. The minimum Gasteiger partial charge on any atom is -0.490 e. The standard InChI is InChI=1S/C15H17N3O3/c1-2-10-21-14-4-3-9-16-15(14)17-11-12-5-7-13(8-6-12)18(19)20/h3-9H,2,10-11H2,1H3,(H,16,17). The number of rotatable bonds is 7. The highest BCUT2D eigenvalue weighted by molar-refractivity contribution is 5.50. The summed E-state index contributed by atoms with van der Waals surface area (Å²) in [7, 11) is 0. The Bertz CT molecular complexity index is 599. The molecule has 0 aliphatic carbocycles. The smallest absolute Gasteiger partial charge is 0.269 e. The van der Waals surface area contributed by atoms with Crippen molar-refractivity contribution in [2.24, 2.45) is 0 Å². The van der Waals surface area contributed by atoms with Gasteiger partial charge in [0.05, 0.1) is 11.5 Å². The molecule has 2 aromatic rings. The molecule has 1 aromatic heterocycles. The lowest BCUT2D eigenvalue weighted by molar-refractivity contribution is -0.384. The molecule has 0 bridgehead atoms. The molecule has 6 heteroatoms. The topological polar surface area (TPSA) is 77.3 Å². The SMILES string of the molecule is CCCOc1cccnc1NCc1ccc([N+](=O)[O-])cc1. The van der Waals surface area contributed by atoms with Crippen LogP contribution >= 0.6 is 0 Å². The Hall–Kier alpha value is -2.63. The predicted octanol–water partition coefficient (Wildman–Crippen LogP) is 3.39. The summed E-state index contributed by atoms with van der Waals surface area (Å²) in [6.45, 7) is 3.20. The molecule has 0 amide bonds. The van der Waals surface area contributed by atoms with Gasteiger partial charge in [0.15, 0.2) is 11.6 Å². The van der Waals surface area contributed by atoms with Gasteiger partial charge >= 0.3 is 0 Å². The van der Waals surface area contributed by atoms with E-state index in [1.54, 1.807) is 18.3 Å². The molecule has 0 saturated heterocycles. The zero-order valence-electron chi connectivity index (χ0n) is 11.8. The summed E-state index contributed by atoms with van der Waals surface area (Å²) in [5, 5.41) is 13.8. The molecule has 0 saturated carbocycles. The zero-order valence-corrected chi connectivity index (χ0v) is 11.8. The fraction of sp³-hybridized carbons (Fsp3) is 0.267. The van der Waals surface area contributed by atoms with E-state index in [0.717, 1.165) is 12.0 Å². The third-order valence-corrected chi connectivity index (χ3v) is 2.84. The van der Waals surface area contributed by atoms with Crippen molar-refractivity contribution in [3.63, 3.8) is 0 Å². The molecule has 1 N–H and O–H groups in total. The van der Waals surface area contributed by atoms with Crippen LogP contribution in [0.1, 0.15) is 18.9 Å². The number of nitrogens with one attached hydrogen (secondary N) is 1. The summed E-state index contributed by atoms with van der Waals surface area (Å²) < 4.78 is 5.61. The van der Waals surface area contributed by atoms with Crippen LogP contribution in [0, 0.1) is 10.1 Å². The van der Waals surface area contributed by atoms with Crippen LogP contribution in [0.15, 0.2) is 42.6 Å². The fourth-order valence-electron chi connectivity index (χ4n) is 1.77. The molecule has 6 nitrogen and oxygen atoms in total. The number of nitrogens with zero attached hydrogens (tertiary/aromatic N) is 2. The Morgan fingerprint density at radius 1 is 1.29 bits per heavy atom. The summed E-state index contributed by atoms with van der Waals surface area (Å²) in [5.74, 6) is 1.38. The minimum absolute atomic E-state index is 0.0866. The lowest BCUT2D eigenvalue weighted by Gasteiger charge is -2.11. The molecular weight excluding hydrogens is 270 g/mol. The molecular formula is C15H17N3O3. The molecule has 0 spiro atoms. The lowest BCUT2D eigenvalue weighted by atomic mass is 10.2. The average molecular weight is 287 g/mol. The highest BCUT2D eigenvalue weighted by Gasteiger charge is 2.06. The monoisotopic (exact) mass is 287 g/mol. The number of pyridine rings is 1. The number of ether oxygens (including phenoxy) is 1. The Morgan fingerprint density at radius 3 is 2.71 bits per heavy atom. The number of non-ortho nitro benzene ring substituents is 1. The van der Waals surface area contributed by atoms with Crippen LogP contribution in [0.3, 0.4) is 0 Å². The van der Waals surface area contributed by atoms with Gasteiger partial charge in [-0.3, -0.25) is 10.1 Å². The second-order valence-electron chi connectivity index (χ2n) is 4.48. The maximum Gasteiger partial charge on any atom is 0.269 e. The van der Waals surface area contributed by atoms with E-state index in [1.807, 2.05) is 19.1 Å². The Kier molecular flexibility index (Phi) is 5.09. The van der Waals surface area contributed by atoms with Crippen LogP contribution < -0.4 is 10.1 Å². The summed E-state index contributed by atoms with van der Waals surface area (Å²) in [6.07, 6.45) is 2.62. The van der Waals surface area contributed by atoms with Crippen LogP contribution in [0.4, 0.5) is 11.5 Å². The van der Waals surface area contributed by atoms with Gasteiger partial charge in [0.25, 0.3) is 5.69 Å². The number of benzene rings is 1. The van der Waals surface area contributed by atoms with Crippen molar-refractivity contribution in [3.8, 4) is 5.75 Å². The second-order valence-corrected chi connectivity index (χ2v) is 4.48. The van der Waals surface area contributed by atoms with Crippen molar-refractivity contribution < 1.29 is 9.66 Å². The van der Waals surface area contributed by atoms with Crippen molar-refractivity contribution in [1.29, 1.82) is 0 Å². The average Bonchev–Trinajstić information content (AvgIpc) is 2.52. The highest BCUT2D eigenvalue weighted by Crippen LogP contribution is 2.22. The van der Waals surface area contributed by atoms with Crippen LogP contribution in [0.25, 0.3) is 0 Å². The Balaban J connectivity index is 2.00. The second kappa shape index (κ2) is 7.23. The van der Waals surface area contributed by atoms with Crippen LogP contribution in [0.2, 0.25) is 0 Å². The third-order valence-electron chi connectivity index (χ3n) is 2.84. The molecule has 1 heterocycles. The van der Waals surface area contributed by atoms with E-state index in [0.29, 0.717) is 24.7 Å². The van der Waals surface area contributed by atoms with Gasteiger partial charge in [-0.1, -0.05) is 19.1 Å². The highest BCUT2D eigenvalue weighted by atomic mass is 16.6. The number of aromatic nitrogens is 1. The number of hydrogen-bond donors (Lipinski definition) is 1. The molecule has 1 aromatic carbocycles. The molecule has 0 atom stereocenters. The lowest BCUT2D eigenvalue weighted by Crippen LogP contribution is -2.05. The summed E-state index contributed by atoms with van der Waals surface area (Å²) in [5.41, 5.74) is 1.02. The van der Waals surface area contributed by atoms with E-state index in [-0.39, 0.29) is 5.69 Å². The van der Waals surface area contributed by atoms with Crippen LogP contribution in [-0.2, 0) is 6.54 Å². The molecule has 0 aliphatic heterocycles.